The highest BCUT2D eigenvalue weighted by atomic mass is 32.2. The predicted octanol–water partition coefficient (Wildman–Crippen LogP) is 0.722. The Balaban J connectivity index is 1.79. The van der Waals surface area contributed by atoms with Crippen LogP contribution in [0.3, 0.4) is 0 Å². The molecule has 2 saturated heterocycles. The Labute approximate surface area is 116 Å². The molecule has 2 rings (SSSR count). The first-order valence-electron chi connectivity index (χ1n) is 7.25. The van der Waals surface area contributed by atoms with E-state index in [0.29, 0.717) is 12.5 Å². The summed E-state index contributed by atoms with van der Waals surface area (Å²) in [5.74, 6) is 0.586. The number of hydrogen-bond acceptors (Lipinski definition) is 4. The number of ether oxygens (including phenoxy) is 1. The van der Waals surface area contributed by atoms with E-state index in [1.165, 1.54) is 0 Å². The summed E-state index contributed by atoms with van der Waals surface area (Å²) in [5, 5.41) is 3.26. The maximum absolute atomic E-state index is 12.1. The second-order valence-corrected chi connectivity index (χ2v) is 8.07. The Hall–Kier alpha value is -0.170. The van der Waals surface area contributed by atoms with E-state index in [2.05, 4.69) is 17.0 Å². The van der Waals surface area contributed by atoms with Gasteiger partial charge in [0.2, 0.25) is 10.0 Å². The number of piperidine rings is 1. The van der Waals surface area contributed by atoms with Gasteiger partial charge >= 0.3 is 0 Å². The van der Waals surface area contributed by atoms with E-state index in [1.54, 1.807) is 0 Å². The van der Waals surface area contributed by atoms with Crippen LogP contribution in [0.15, 0.2) is 0 Å². The zero-order chi connectivity index (χ0) is 13.8. The van der Waals surface area contributed by atoms with Crippen LogP contribution in [-0.4, -0.2) is 47.0 Å². The summed E-state index contributed by atoms with van der Waals surface area (Å²) in [5.41, 5.74) is 0.0550. The van der Waals surface area contributed by atoms with Gasteiger partial charge in [0.1, 0.15) is 0 Å². The van der Waals surface area contributed by atoms with Crippen molar-refractivity contribution in [3.05, 3.63) is 0 Å². The average Bonchev–Trinajstić information content (AvgIpc) is 2.38. The minimum atomic E-state index is -3.14. The maximum Gasteiger partial charge on any atom is 0.211 e. The van der Waals surface area contributed by atoms with Crippen LogP contribution in [0.25, 0.3) is 0 Å². The standard InChI is InChI=1S/C13H26N2O3S/c1-13(4-8-18-9-5-13)11-15-19(16,17)10-12-2-6-14-7-3-12/h12,14-15H,2-11H2,1H3. The van der Waals surface area contributed by atoms with Gasteiger partial charge in [-0.3, -0.25) is 0 Å². The van der Waals surface area contributed by atoms with Crippen molar-refractivity contribution in [3.8, 4) is 0 Å². The lowest BCUT2D eigenvalue weighted by Gasteiger charge is -2.33. The highest BCUT2D eigenvalue weighted by Gasteiger charge is 2.29. The third kappa shape index (κ3) is 5.02. The smallest absolute Gasteiger partial charge is 0.211 e. The van der Waals surface area contributed by atoms with Crippen molar-refractivity contribution in [2.24, 2.45) is 11.3 Å². The Morgan fingerprint density at radius 3 is 2.53 bits per heavy atom. The van der Waals surface area contributed by atoms with E-state index in [0.717, 1.165) is 52.0 Å². The van der Waals surface area contributed by atoms with Crippen LogP contribution in [0.2, 0.25) is 0 Å². The monoisotopic (exact) mass is 290 g/mol. The molecular weight excluding hydrogens is 264 g/mol. The third-order valence-corrected chi connectivity index (χ3v) is 5.83. The minimum absolute atomic E-state index is 0.0550. The molecule has 0 unspecified atom stereocenters. The van der Waals surface area contributed by atoms with Crippen LogP contribution < -0.4 is 10.0 Å². The van der Waals surface area contributed by atoms with Crippen molar-refractivity contribution in [1.29, 1.82) is 0 Å². The average molecular weight is 290 g/mol. The van der Waals surface area contributed by atoms with Gasteiger partial charge in [0.25, 0.3) is 0 Å². The summed E-state index contributed by atoms with van der Waals surface area (Å²) < 4.78 is 32.4. The second kappa shape index (κ2) is 6.52. The van der Waals surface area contributed by atoms with Crippen molar-refractivity contribution in [1.82, 2.24) is 10.0 Å². The van der Waals surface area contributed by atoms with E-state index in [-0.39, 0.29) is 11.2 Å². The lowest BCUT2D eigenvalue weighted by atomic mass is 9.83. The molecule has 2 fully saturated rings. The molecule has 0 bridgehead atoms. The second-order valence-electron chi connectivity index (χ2n) is 6.22. The molecule has 2 aliphatic rings. The lowest BCUT2D eigenvalue weighted by Crippen LogP contribution is -2.42. The van der Waals surface area contributed by atoms with Crippen LogP contribution in [0.5, 0.6) is 0 Å². The van der Waals surface area contributed by atoms with E-state index >= 15 is 0 Å². The van der Waals surface area contributed by atoms with Crippen LogP contribution in [0.4, 0.5) is 0 Å². The topological polar surface area (TPSA) is 67.4 Å². The Kier molecular flexibility index (Phi) is 5.22. The molecule has 2 N–H and O–H groups in total. The molecular formula is C13H26N2O3S. The van der Waals surface area contributed by atoms with Gasteiger partial charge < -0.3 is 10.1 Å². The maximum atomic E-state index is 12.1. The summed E-state index contributed by atoms with van der Waals surface area (Å²) in [7, 11) is -3.14. The molecule has 19 heavy (non-hydrogen) atoms. The molecule has 0 amide bonds. The van der Waals surface area contributed by atoms with Gasteiger partial charge in [-0.05, 0) is 50.1 Å². The van der Waals surface area contributed by atoms with Crippen molar-refractivity contribution < 1.29 is 13.2 Å². The van der Waals surface area contributed by atoms with Crippen molar-refractivity contribution in [2.45, 2.75) is 32.6 Å². The SMILES string of the molecule is CC1(CNS(=O)(=O)CC2CCNCC2)CCOCC1. The normalized spacial score (nSPS) is 25.3. The lowest BCUT2D eigenvalue weighted by molar-refractivity contribution is 0.0264. The highest BCUT2D eigenvalue weighted by Crippen LogP contribution is 2.29. The van der Waals surface area contributed by atoms with Crippen molar-refractivity contribution in [3.63, 3.8) is 0 Å². The summed E-state index contributed by atoms with van der Waals surface area (Å²) in [6.07, 6.45) is 3.80. The van der Waals surface area contributed by atoms with E-state index in [4.69, 9.17) is 4.74 Å². The molecule has 0 spiro atoms. The highest BCUT2D eigenvalue weighted by molar-refractivity contribution is 7.89. The zero-order valence-electron chi connectivity index (χ0n) is 11.8. The van der Waals surface area contributed by atoms with Gasteiger partial charge in [0, 0.05) is 19.8 Å². The summed E-state index contributed by atoms with van der Waals surface area (Å²) >= 11 is 0. The van der Waals surface area contributed by atoms with Crippen molar-refractivity contribution >= 4 is 10.0 Å². The summed E-state index contributed by atoms with van der Waals surface area (Å²) in [6, 6.07) is 0. The zero-order valence-corrected chi connectivity index (χ0v) is 12.6. The summed E-state index contributed by atoms with van der Waals surface area (Å²) in [4.78, 5) is 0. The predicted molar refractivity (Wildman–Crippen MR) is 75.5 cm³/mol. The van der Waals surface area contributed by atoms with Gasteiger partial charge in [0.15, 0.2) is 0 Å². The van der Waals surface area contributed by atoms with Crippen LogP contribution >= 0.6 is 0 Å². The molecule has 2 heterocycles. The molecule has 0 aromatic rings. The van der Waals surface area contributed by atoms with Gasteiger partial charge in [-0.15, -0.1) is 0 Å². The Bertz CT molecular complexity index is 371. The third-order valence-electron chi connectivity index (χ3n) is 4.33. The fourth-order valence-corrected chi connectivity index (χ4v) is 4.38. The molecule has 0 aromatic heterocycles. The Morgan fingerprint density at radius 1 is 1.26 bits per heavy atom. The fraction of sp³-hybridized carbons (Fsp3) is 1.00. The quantitative estimate of drug-likeness (QED) is 0.783. The largest absolute Gasteiger partial charge is 0.381 e. The van der Waals surface area contributed by atoms with Gasteiger partial charge in [-0.2, -0.15) is 0 Å². The van der Waals surface area contributed by atoms with Gasteiger partial charge in [-0.1, -0.05) is 6.92 Å². The first-order valence-corrected chi connectivity index (χ1v) is 8.90. The number of nitrogens with one attached hydrogen (secondary N) is 2. The van der Waals surface area contributed by atoms with E-state index in [9.17, 15) is 8.42 Å². The molecule has 2 aliphatic heterocycles. The van der Waals surface area contributed by atoms with Crippen molar-refractivity contribution in [2.75, 3.05) is 38.6 Å². The molecule has 0 radical (unpaired) electrons. The first kappa shape index (κ1) is 15.2. The molecule has 112 valence electrons. The molecule has 5 nitrogen and oxygen atoms in total. The molecule has 0 atom stereocenters. The van der Waals surface area contributed by atoms with Crippen LogP contribution in [0, 0.1) is 11.3 Å². The number of rotatable bonds is 5. The van der Waals surface area contributed by atoms with Crippen LogP contribution in [-0.2, 0) is 14.8 Å². The Morgan fingerprint density at radius 2 is 1.89 bits per heavy atom. The number of hydrogen-bond donors (Lipinski definition) is 2. The van der Waals surface area contributed by atoms with E-state index < -0.39 is 10.0 Å². The van der Waals surface area contributed by atoms with Gasteiger partial charge in [0.05, 0.1) is 5.75 Å². The van der Waals surface area contributed by atoms with Crippen LogP contribution in [0.1, 0.15) is 32.6 Å². The molecule has 0 saturated carbocycles. The summed E-state index contributed by atoms with van der Waals surface area (Å²) in [6.45, 7) is 6.05. The van der Waals surface area contributed by atoms with E-state index in [1.807, 2.05) is 0 Å². The fourth-order valence-electron chi connectivity index (χ4n) is 2.74. The first-order chi connectivity index (χ1) is 8.99. The molecule has 0 aliphatic carbocycles. The molecule has 6 heteroatoms. The van der Waals surface area contributed by atoms with Gasteiger partial charge in [-0.25, -0.2) is 13.1 Å². The number of sulfonamides is 1. The minimum Gasteiger partial charge on any atom is -0.381 e. The molecule has 0 aromatic carbocycles.